The second-order valence-corrected chi connectivity index (χ2v) is 5.97. The minimum Gasteiger partial charge on any atom is -0.340 e. The average Bonchev–Trinajstić information content (AvgIpc) is 2.39. The zero-order chi connectivity index (χ0) is 15.6. The van der Waals surface area contributed by atoms with Crippen LogP contribution < -0.4 is 5.32 Å². The van der Waals surface area contributed by atoms with Crippen molar-refractivity contribution in [1.82, 2.24) is 9.97 Å². The number of nitrogens with zero attached hydrogens (tertiary/aromatic N) is 3. The van der Waals surface area contributed by atoms with Gasteiger partial charge in [0.1, 0.15) is 28.7 Å². The quantitative estimate of drug-likeness (QED) is 0.845. The molecule has 0 bridgehead atoms. The highest BCUT2D eigenvalue weighted by Gasteiger charge is 2.19. The van der Waals surface area contributed by atoms with Gasteiger partial charge in [0, 0.05) is 17.2 Å². The fourth-order valence-electron chi connectivity index (χ4n) is 1.65. The molecule has 1 N–H and O–H groups in total. The Morgan fingerprint density at radius 2 is 1.95 bits per heavy atom. The molecule has 0 aliphatic rings. The third kappa shape index (κ3) is 3.67. The van der Waals surface area contributed by atoms with Gasteiger partial charge < -0.3 is 5.32 Å². The predicted octanol–water partition coefficient (Wildman–Crippen LogP) is 4.18. The first-order valence-electron chi connectivity index (χ1n) is 6.31. The Labute approximate surface area is 127 Å². The minimum absolute atomic E-state index is 0.0313. The number of aromatic nitrogens is 2. The van der Waals surface area contributed by atoms with Crippen molar-refractivity contribution in [3.8, 4) is 6.07 Å². The number of rotatable bonds is 2. The molecule has 6 heteroatoms. The van der Waals surface area contributed by atoms with E-state index in [9.17, 15) is 4.39 Å². The maximum atomic E-state index is 13.3. The van der Waals surface area contributed by atoms with Gasteiger partial charge in [-0.25, -0.2) is 14.4 Å². The van der Waals surface area contributed by atoms with E-state index >= 15 is 0 Å². The normalized spacial score (nSPS) is 11.0. The SMILES string of the molecule is CC(C)(C)c1nc(Cl)cc(Nc2ccc(F)c(C#N)c2)n1. The van der Waals surface area contributed by atoms with Crippen molar-refractivity contribution in [1.29, 1.82) is 5.26 Å². The Balaban J connectivity index is 2.36. The molecule has 21 heavy (non-hydrogen) atoms. The van der Waals surface area contributed by atoms with E-state index in [0.29, 0.717) is 22.5 Å². The summed E-state index contributed by atoms with van der Waals surface area (Å²) in [4.78, 5) is 8.59. The molecule has 0 aliphatic heterocycles. The number of nitrogens with one attached hydrogen (secondary N) is 1. The lowest BCUT2D eigenvalue weighted by Gasteiger charge is -2.18. The van der Waals surface area contributed by atoms with Crippen LogP contribution >= 0.6 is 11.6 Å². The summed E-state index contributed by atoms with van der Waals surface area (Å²) in [7, 11) is 0. The van der Waals surface area contributed by atoms with Gasteiger partial charge in [-0.15, -0.1) is 0 Å². The lowest BCUT2D eigenvalue weighted by atomic mass is 9.96. The van der Waals surface area contributed by atoms with Gasteiger partial charge >= 0.3 is 0 Å². The second-order valence-electron chi connectivity index (χ2n) is 5.58. The highest BCUT2D eigenvalue weighted by Crippen LogP contribution is 2.24. The second kappa shape index (κ2) is 5.66. The highest BCUT2D eigenvalue weighted by atomic mass is 35.5. The number of nitriles is 1. The van der Waals surface area contributed by atoms with Gasteiger partial charge in [-0.05, 0) is 18.2 Å². The van der Waals surface area contributed by atoms with Crippen LogP contribution in [0.2, 0.25) is 5.15 Å². The van der Waals surface area contributed by atoms with Crippen molar-refractivity contribution in [2.45, 2.75) is 26.2 Å². The summed E-state index contributed by atoms with van der Waals surface area (Å²) in [6.07, 6.45) is 0. The summed E-state index contributed by atoms with van der Waals surface area (Å²) < 4.78 is 13.3. The molecule has 1 aromatic carbocycles. The van der Waals surface area contributed by atoms with Crippen LogP contribution in [0.4, 0.5) is 15.9 Å². The largest absolute Gasteiger partial charge is 0.340 e. The van der Waals surface area contributed by atoms with Gasteiger partial charge in [0.25, 0.3) is 0 Å². The first-order valence-corrected chi connectivity index (χ1v) is 6.69. The molecule has 0 amide bonds. The summed E-state index contributed by atoms with van der Waals surface area (Å²) in [6.45, 7) is 5.94. The standard InChI is InChI=1S/C15H14ClFN4/c1-15(2,3)14-20-12(16)7-13(21-14)19-10-4-5-11(17)9(6-10)8-18/h4-7H,1-3H3,(H,19,20,21). The Bertz CT molecular complexity index is 717. The molecule has 0 saturated carbocycles. The first kappa shape index (κ1) is 15.2. The van der Waals surface area contributed by atoms with Gasteiger partial charge in [0.2, 0.25) is 0 Å². The summed E-state index contributed by atoms with van der Waals surface area (Å²) in [5, 5.41) is 12.2. The highest BCUT2D eigenvalue weighted by molar-refractivity contribution is 6.29. The summed E-state index contributed by atoms with van der Waals surface area (Å²) >= 11 is 6.00. The molecular formula is C15H14ClFN4. The van der Waals surface area contributed by atoms with Crippen LogP contribution in [0.3, 0.4) is 0 Å². The third-order valence-corrected chi connectivity index (χ3v) is 2.92. The third-order valence-electron chi connectivity index (χ3n) is 2.72. The van der Waals surface area contributed by atoms with E-state index in [-0.39, 0.29) is 11.0 Å². The van der Waals surface area contributed by atoms with Crippen LogP contribution in [0.1, 0.15) is 32.2 Å². The molecule has 4 nitrogen and oxygen atoms in total. The molecule has 0 atom stereocenters. The van der Waals surface area contributed by atoms with Crippen molar-refractivity contribution < 1.29 is 4.39 Å². The zero-order valence-corrected chi connectivity index (χ0v) is 12.7. The minimum atomic E-state index is -0.556. The lowest BCUT2D eigenvalue weighted by molar-refractivity contribution is 0.546. The maximum Gasteiger partial charge on any atom is 0.141 e. The van der Waals surface area contributed by atoms with Crippen LogP contribution in [0.15, 0.2) is 24.3 Å². The summed E-state index contributed by atoms with van der Waals surface area (Å²) in [5.74, 6) is 0.537. The number of anilines is 2. The van der Waals surface area contributed by atoms with Gasteiger partial charge in [-0.1, -0.05) is 32.4 Å². The van der Waals surface area contributed by atoms with Crippen LogP contribution in [0, 0.1) is 17.1 Å². The van der Waals surface area contributed by atoms with E-state index in [0.717, 1.165) is 0 Å². The van der Waals surface area contributed by atoms with Crippen molar-refractivity contribution in [2.24, 2.45) is 0 Å². The van der Waals surface area contributed by atoms with Gasteiger partial charge in [-0.3, -0.25) is 0 Å². The number of hydrogen-bond acceptors (Lipinski definition) is 4. The lowest BCUT2D eigenvalue weighted by Crippen LogP contribution is -2.16. The van der Waals surface area contributed by atoms with Crippen molar-refractivity contribution in [2.75, 3.05) is 5.32 Å². The molecule has 0 spiro atoms. The molecule has 0 saturated heterocycles. The molecule has 0 aliphatic carbocycles. The van der Waals surface area contributed by atoms with E-state index in [1.165, 1.54) is 18.2 Å². The zero-order valence-electron chi connectivity index (χ0n) is 11.9. The van der Waals surface area contributed by atoms with E-state index < -0.39 is 5.82 Å². The molecule has 0 unspecified atom stereocenters. The van der Waals surface area contributed by atoms with Crippen molar-refractivity contribution in [3.63, 3.8) is 0 Å². The Hall–Kier alpha value is -2.19. The Morgan fingerprint density at radius 1 is 1.24 bits per heavy atom. The first-order chi connectivity index (χ1) is 9.79. The van der Waals surface area contributed by atoms with Gasteiger partial charge in [-0.2, -0.15) is 5.26 Å². The molecule has 2 rings (SSSR count). The van der Waals surface area contributed by atoms with Crippen LogP contribution in [0.5, 0.6) is 0 Å². The maximum absolute atomic E-state index is 13.3. The van der Waals surface area contributed by atoms with E-state index in [4.69, 9.17) is 16.9 Å². The van der Waals surface area contributed by atoms with Crippen molar-refractivity contribution in [3.05, 3.63) is 46.6 Å². The molecule has 2 aromatic rings. The molecule has 0 fully saturated rings. The topological polar surface area (TPSA) is 61.6 Å². The average molecular weight is 305 g/mol. The van der Waals surface area contributed by atoms with Crippen LogP contribution in [-0.4, -0.2) is 9.97 Å². The molecule has 0 radical (unpaired) electrons. The van der Waals surface area contributed by atoms with E-state index in [1.807, 2.05) is 20.8 Å². The van der Waals surface area contributed by atoms with Gasteiger partial charge in [0.05, 0.1) is 5.56 Å². The monoisotopic (exact) mass is 304 g/mol. The number of halogens is 2. The predicted molar refractivity (Wildman–Crippen MR) is 80.1 cm³/mol. The molecule has 1 heterocycles. The van der Waals surface area contributed by atoms with Crippen LogP contribution in [-0.2, 0) is 5.41 Å². The van der Waals surface area contributed by atoms with Crippen molar-refractivity contribution >= 4 is 23.1 Å². The number of hydrogen-bond donors (Lipinski definition) is 1. The Kier molecular flexibility index (Phi) is 4.10. The summed E-state index contributed by atoms with van der Waals surface area (Å²) in [6, 6.07) is 7.55. The smallest absolute Gasteiger partial charge is 0.141 e. The molecule has 1 aromatic heterocycles. The van der Waals surface area contributed by atoms with E-state index in [1.54, 1.807) is 12.1 Å². The van der Waals surface area contributed by atoms with Crippen LogP contribution in [0.25, 0.3) is 0 Å². The fraction of sp³-hybridized carbons (Fsp3) is 0.267. The summed E-state index contributed by atoms with van der Waals surface area (Å²) in [5.41, 5.74) is 0.279. The van der Waals surface area contributed by atoms with Gasteiger partial charge in [0.15, 0.2) is 0 Å². The molecular weight excluding hydrogens is 291 g/mol. The van der Waals surface area contributed by atoms with E-state index in [2.05, 4.69) is 15.3 Å². The molecule has 108 valence electrons. The fourth-order valence-corrected chi connectivity index (χ4v) is 1.84. The number of benzene rings is 1. The Morgan fingerprint density at radius 3 is 2.57 bits per heavy atom.